The zero-order valence-corrected chi connectivity index (χ0v) is 19.9. The standard InChI is InChI=1S/C24H21Cl3N6/c25-19-7-5-17(6-8-19)23-15-32(11-12-33(23)22-10-9-20(26)13-21(22)27)14-16-1-3-18(4-2-16)24-28-30-31-29-24/h1-10,13,23H,11-12,14-15H2,(H,28,29,30,31)/t23-/m0/s1. The summed E-state index contributed by atoms with van der Waals surface area (Å²) in [5, 5.41) is 16.1. The van der Waals surface area contributed by atoms with Crippen LogP contribution in [0.5, 0.6) is 0 Å². The van der Waals surface area contributed by atoms with Gasteiger partial charge in [-0.3, -0.25) is 4.90 Å². The van der Waals surface area contributed by atoms with Crippen molar-refractivity contribution < 1.29 is 0 Å². The Labute approximate surface area is 207 Å². The molecule has 0 unspecified atom stereocenters. The predicted octanol–water partition coefficient (Wildman–Crippen LogP) is 5.89. The first-order chi connectivity index (χ1) is 16.1. The van der Waals surface area contributed by atoms with Crippen LogP contribution in [-0.2, 0) is 6.54 Å². The molecule has 0 radical (unpaired) electrons. The molecule has 0 bridgehead atoms. The zero-order chi connectivity index (χ0) is 22.8. The molecule has 0 saturated carbocycles. The molecule has 1 saturated heterocycles. The fraction of sp³-hybridized carbons (Fsp3) is 0.208. The average molecular weight is 500 g/mol. The third-order valence-corrected chi connectivity index (χ3v) is 6.71. The van der Waals surface area contributed by atoms with Crippen molar-refractivity contribution in [2.24, 2.45) is 0 Å². The highest BCUT2D eigenvalue weighted by molar-refractivity contribution is 6.36. The van der Waals surface area contributed by atoms with Gasteiger partial charge in [0.1, 0.15) is 0 Å². The molecule has 5 rings (SSSR count). The minimum absolute atomic E-state index is 0.134. The van der Waals surface area contributed by atoms with Gasteiger partial charge < -0.3 is 4.90 Å². The molecule has 0 amide bonds. The average Bonchev–Trinajstić information content (AvgIpc) is 3.36. The number of aromatic amines is 1. The van der Waals surface area contributed by atoms with E-state index in [1.165, 1.54) is 11.1 Å². The van der Waals surface area contributed by atoms with Crippen LogP contribution in [0.2, 0.25) is 15.1 Å². The fourth-order valence-corrected chi connectivity index (χ4v) is 4.91. The number of anilines is 1. The van der Waals surface area contributed by atoms with E-state index in [2.05, 4.69) is 54.7 Å². The van der Waals surface area contributed by atoms with Crippen molar-refractivity contribution >= 4 is 40.5 Å². The summed E-state index contributed by atoms with van der Waals surface area (Å²) in [7, 11) is 0. The first-order valence-electron chi connectivity index (χ1n) is 10.6. The molecule has 33 heavy (non-hydrogen) atoms. The number of benzene rings is 3. The van der Waals surface area contributed by atoms with Crippen LogP contribution in [-0.4, -0.2) is 45.2 Å². The van der Waals surface area contributed by atoms with Crippen LogP contribution in [0, 0.1) is 0 Å². The Hall–Kier alpha value is -2.64. The number of aromatic nitrogens is 4. The lowest BCUT2D eigenvalue weighted by Gasteiger charge is -2.43. The van der Waals surface area contributed by atoms with E-state index >= 15 is 0 Å². The molecular weight excluding hydrogens is 479 g/mol. The molecule has 168 valence electrons. The van der Waals surface area contributed by atoms with Crippen molar-refractivity contribution in [2.45, 2.75) is 12.6 Å². The monoisotopic (exact) mass is 498 g/mol. The zero-order valence-electron chi connectivity index (χ0n) is 17.6. The van der Waals surface area contributed by atoms with E-state index in [-0.39, 0.29) is 6.04 Å². The molecule has 6 nitrogen and oxygen atoms in total. The number of nitrogens with one attached hydrogen (secondary N) is 1. The molecule has 1 N–H and O–H groups in total. The van der Waals surface area contributed by atoms with Crippen LogP contribution in [0.4, 0.5) is 5.69 Å². The molecular formula is C24H21Cl3N6. The maximum atomic E-state index is 6.59. The second kappa shape index (κ2) is 9.69. The van der Waals surface area contributed by atoms with E-state index in [1.54, 1.807) is 6.07 Å². The second-order valence-corrected chi connectivity index (χ2v) is 9.32. The Balaban J connectivity index is 1.37. The summed E-state index contributed by atoms with van der Waals surface area (Å²) >= 11 is 18.9. The Bertz CT molecular complexity index is 1210. The third-order valence-electron chi connectivity index (χ3n) is 5.92. The van der Waals surface area contributed by atoms with Crippen molar-refractivity contribution in [1.82, 2.24) is 25.5 Å². The molecule has 2 heterocycles. The third kappa shape index (κ3) is 4.99. The number of rotatable bonds is 5. The van der Waals surface area contributed by atoms with Gasteiger partial charge in [0.15, 0.2) is 5.82 Å². The Kier molecular flexibility index (Phi) is 6.51. The summed E-state index contributed by atoms with van der Waals surface area (Å²) in [4.78, 5) is 4.82. The number of hydrogen-bond donors (Lipinski definition) is 1. The Morgan fingerprint density at radius 1 is 0.879 bits per heavy atom. The SMILES string of the molecule is Clc1ccc([C@@H]2CN(Cc3ccc(-c4nnn[nH]4)cc3)CCN2c2ccc(Cl)cc2Cl)cc1. The van der Waals surface area contributed by atoms with Gasteiger partial charge in [-0.2, -0.15) is 0 Å². The Morgan fingerprint density at radius 3 is 2.33 bits per heavy atom. The summed E-state index contributed by atoms with van der Waals surface area (Å²) in [5.41, 5.74) is 4.39. The molecule has 1 aliphatic heterocycles. The van der Waals surface area contributed by atoms with E-state index < -0.39 is 0 Å². The van der Waals surface area contributed by atoms with Gasteiger partial charge in [0.2, 0.25) is 0 Å². The van der Waals surface area contributed by atoms with Crippen LogP contribution in [0.1, 0.15) is 17.2 Å². The van der Waals surface area contributed by atoms with E-state index in [0.717, 1.165) is 42.5 Å². The van der Waals surface area contributed by atoms with Crippen molar-refractivity contribution in [3.63, 3.8) is 0 Å². The summed E-state index contributed by atoms with van der Waals surface area (Å²) in [6.07, 6.45) is 0. The predicted molar refractivity (Wildman–Crippen MR) is 133 cm³/mol. The Morgan fingerprint density at radius 2 is 1.64 bits per heavy atom. The van der Waals surface area contributed by atoms with Crippen molar-refractivity contribution in [2.75, 3.05) is 24.5 Å². The van der Waals surface area contributed by atoms with Crippen molar-refractivity contribution in [3.8, 4) is 11.4 Å². The second-order valence-electron chi connectivity index (χ2n) is 8.04. The van der Waals surface area contributed by atoms with Crippen LogP contribution < -0.4 is 4.90 Å². The van der Waals surface area contributed by atoms with E-state index in [0.29, 0.717) is 15.9 Å². The van der Waals surface area contributed by atoms with Gasteiger partial charge >= 0.3 is 0 Å². The van der Waals surface area contributed by atoms with Gasteiger partial charge in [0.05, 0.1) is 16.8 Å². The number of nitrogens with zero attached hydrogens (tertiary/aromatic N) is 5. The van der Waals surface area contributed by atoms with Gasteiger partial charge in [-0.15, -0.1) is 5.10 Å². The molecule has 1 fully saturated rings. The van der Waals surface area contributed by atoms with Crippen LogP contribution >= 0.6 is 34.8 Å². The molecule has 0 aliphatic carbocycles. The van der Waals surface area contributed by atoms with Crippen LogP contribution in [0.15, 0.2) is 66.7 Å². The van der Waals surface area contributed by atoms with E-state index in [1.807, 2.05) is 36.4 Å². The smallest absolute Gasteiger partial charge is 0.179 e. The molecule has 1 aliphatic rings. The number of tetrazole rings is 1. The van der Waals surface area contributed by atoms with Gasteiger partial charge in [-0.1, -0.05) is 71.2 Å². The summed E-state index contributed by atoms with van der Waals surface area (Å²) in [6.45, 7) is 3.46. The lowest BCUT2D eigenvalue weighted by Crippen LogP contribution is -2.48. The fourth-order valence-electron chi connectivity index (χ4n) is 4.26. The summed E-state index contributed by atoms with van der Waals surface area (Å²) in [6, 6.07) is 22.2. The molecule has 4 aromatic rings. The van der Waals surface area contributed by atoms with Crippen LogP contribution in [0.3, 0.4) is 0 Å². The van der Waals surface area contributed by atoms with Crippen molar-refractivity contribution in [1.29, 1.82) is 0 Å². The van der Waals surface area contributed by atoms with Crippen molar-refractivity contribution in [3.05, 3.63) is 92.9 Å². The molecule has 3 aromatic carbocycles. The molecule has 9 heteroatoms. The van der Waals surface area contributed by atoms with Gasteiger partial charge in [-0.25, -0.2) is 5.10 Å². The lowest BCUT2D eigenvalue weighted by atomic mass is 10.0. The number of H-pyrrole nitrogens is 1. The first-order valence-corrected chi connectivity index (χ1v) is 11.7. The highest BCUT2D eigenvalue weighted by Crippen LogP contribution is 2.37. The molecule has 1 aromatic heterocycles. The minimum Gasteiger partial charge on any atom is -0.361 e. The maximum absolute atomic E-state index is 6.59. The number of hydrogen-bond acceptors (Lipinski definition) is 5. The van der Waals surface area contributed by atoms with Gasteiger partial charge in [0, 0.05) is 41.8 Å². The van der Waals surface area contributed by atoms with Gasteiger partial charge in [-0.05, 0) is 51.9 Å². The first kappa shape index (κ1) is 22.2. The summed E-state index contributed by atoms with van der Waals surface area (Å²) in [5.74, 6) is 0.665. The van der Waals surface area contributed by atoms with Gasteiger partial charge in [0.25, 0.3) is 0 Å². The van der Waals surface area contributed by atoms with E-state index in [4.69, 9.17) is 34.8 Å². The number of halogens is 3. The van der Waals surface area contributed by atoms with E-state index in [9.17, 15) is 0 Å². The maximum Gasteiger partial charge on any atom is 0.179 e. The topological polar surface area (TPSA) is 60.9 Å². The lowest BCUT2D eigenvalue weighted by molar-refractivity contribution is 0.215. The molecule has 0 spiro atoms. The van der Waals surface area contributed by atoms with Crippen LogP contribution in [0.25, 0.3) is 11.4 Å². The quantitative estimate of drug-likeness (QED) is 0.371. The molecule has 1 atom stereocenters. The highest BCUT2D eigenvalue weighted by Gasteiger charge is 2.29. The minimum atomic E-state index is 0.134. The highest BCUT2D eigenvalue weighted by atomic mass is 35.5. The number of piperazine rings is 1. The normalized spacial score (nSPS) is 16.8. The largest absolute Gasteiger partial charge is 0.361 e. The summed E-state index contributed by atoms with van der Waals surface area (Å²) < 4.78 is 0.